The zero-order valence-electron chi connectivity index (χ0n) is 12.5. The van der Waals surface area contributed by atoms with E-state index in [2.05, 4.69) is 5.32 Å². The summed E-state index contributed by atoms with van der Waals surface area (Å²) in [5.74, 6) is -0.192. The van der Waals surface area contributed by atoms with Gasteiger partial charge in [-0.2, -0.15) is 0 Å². The first-order valence-electron chi connectivity index (χ1n) is 7.11. The summed E-state index contributed by atoms with van der Waals surface area (Å²) in [6.45, 7) is 1.45. The molecular weight excluding hydrogens is 315 g/mol. The average molecular weight is 330 g/mol. The van der Waals surface area contributed by atoms with Crippen LogP contribution in [0.15, 0.2) is 48.5 Å². The van der Waals surface area contributed by atoms with Crippen LogP contribution in [0.4, 0.5) is 15.8 Å². The largest absolute Gasteiger partial charge is 0.326 e. The molecule has 2 aromatic carbocycles. The Hall–Kier alpha value is -2.34. The summed E-state index contributed by atoms with van der Waals surface area (Å²) in [5.41, 5.74) is 2.18. The van der Waals surface area contributed by atoms with E-state index in [4.69, 9.17) is 0 Å². The topological polar surface area (TPSA) is 49.4 Å². The number of nitrogens with one attached hydrogen (secondary N) is 1. The molecular formula is C17H15FN2O2S. The fourth-order valence-electron chi connectivity index (χ4n) is 2.51. The molecule has 0 bridgehead atoms. The van der Waals surface area contributed by atoms with Crippen molar-refractivity contribution in [2.75, 3.05) is 16.0 Å². The Balaban J connectivity index is 1.88. The van der Waals surface area contributed by atoms with Crippen molar-refractivity contribution in [3.05, 3.63) is 59.9 Å². The van der Waals surface area contributed by atoms with Crippen LogP contribution in [0.3, 0.4) is 0 Å². The zero-order valence-corrected chi connectivity index (χ0v) is 13.3. The molecule has 2 amide bonds. The third-order valence-electron chi connectivity index (χ3n) is 3.47. The van der Waals surface area contributed by atoms with Crippen LogP contribution < -0.4 is 10.2 Å². The van der Waals surface area contributed by atoms with Crippen LogP contribution in [0.5, 0.6) is 0 Å². The number of carbonyl (C=O) groups excluding carboxylic acids is 2. The predicted octanol–water partition coefficient (Wildman–Crippen LogP) is 3.56. The van der Waals surface area contributed by atoms with Gasteiger partial charge in [0.25, 0.3) is 0 Å². The summed E-state index contributed by atoms with van der Waals surface area (Å²) in [5, 5.41) is 2.51. The Morgan fingerprint density at radius 2 is 2.00 bits per heavy atom. The summed E-state index contributed by atoms with van der Waals surface area (Å²) < 4.78 is 13.5. The number of anilines is 2. The average Bonchev–Trinajstić information content (AvgIpc) is 2.89. The number of hydrogen-bond donors (Lipinski definition) is 1. The lowest BCUT2D eigenvalue weighted by Crippen LogP contribution is -2.27. The molecule has 3 rings (SSSR count). The Labute approximate surface area is 137 Å². The molecule has 4 nitrogen and oxygen atoms in total. The van der Waals surface area contributed by atoms with E-state index in [0.29, 0.717) is 17.1 Å². The Morgan fingerprint density at radius 3 is 2.65 bits per heavy atom. The quantitative estimate of drug-likeness (QED) is 0.936. The van der Waals surface area contributed by atoms with Gasteiger partial charge in [-0.3, -0.25) is 14.5 Å². The van der Waals surface area contributed by atoms with Crippen molar-refractivity contribution in [1.29, 1.82) is 0 Å². The van der Waals surface area contributed by atoms with Gasteiger partial charge < -0.3 is 5.32 Å². The lowest BCUT2D eigenvalue weighted by atomic mass is 10.1. The molecule has 1 aliphatic heterocycles. The van der Waals surface area contributed by atoms with Crippen molar-refractivity contribution in [2.45, 2.75) is 12.3 Å². The van der Waals surface area contributed by atoms with Crippen molar-refractivity contribution in [1.82, 2.24) is 0 Å². The van der Waals surface area contributed by atoms with Crippen molar-refractivity contribution in [2.24, 2.45) is 0 Å². The maximum atomic E-state index is 13.5. The first-order valence-corrected chi connectivity index (χ1v) is 8.16. The molecule has 1 saturated heterocycles. The number of amides is 2. The van der Waals surface area contributed by atoms with Crippen molar-refractivity contribution >= 4 is 35.0 Å². The zero-order chi connectivity index (χ0) is 16.4. The molecule has 1 N–H and O–H groups in total. The Bertz CT molecular complexity index is 749. The Morgan fingerprint density at radius 1 is 1.26 bits per heavy atom. The van der Waals surface area contributed by atoms with Crippen LogP contribution in [-0.4, -0.2) is 17.6 Å². The second-order valence-electron chi connectivity index (χ2n) is 5.21. The molecule has 0 saturated carbocycles. The SMILES string of the molecule is CC(=O)Nc1ccc([C@H]2SCC(=O)N2c2cccc(F)c2)cc1. The molecule has 1 atom stereocenters. The van der Waals surface area contributed by atoms with Gasteiger partial charge in [-0.05, 0) is 35.9 Å². The molecule has 6 heteroatoms. The molecule has 0 spiro atoms. The molecule has 0 aliphatic carbocycles. The number of hydrogen-bond acceptors (Lipinski definition) is 3. The monoisotopic (exact) mass is 330 g/mol. The molecule has 0 aromatic heterocycles. The van der Waals surface area contributed by atoms with Gasteiger partial charge >= 0.3 is 0 Å². The minimum atomic E-state index is -0.369. The van der Waals surface area contributed by atoms with Gasteiger partial charge in [0.2, 0.25) is 11.8 Å². The molecule has 0 unspecified atom stereocenters. The van der Waals surface area contributed by atoms with Gasteiger partial charge in [0.05, 0.1) is 5.75 Å². The molecule has 118 valence electrons. The lowest BCUT2D eigenvalue weighted by molar-refractivity contribution is -0.116. The van der Waals surface area contributed by atoms with Gasteiger partial charge in [0, 0.05) is 18.3 Å². The highest BCUT2D eigenvalue weighted by Gasteiger charge is 2.34. The van der Waals surface area contributed by atoms with E-state index in [9.17, 15) is 14.0 Å². The highest BCUT2D eigenvalue weighted by molar-refractivity contribution is 8.00. The van der Waals surface area contributed by atoms with Crippen LogP contribution >= 0.6 is 11.8 Å². The second kappa shape index (κ2) is 6.42. The highest BCUT2D eigenvalue weighted by Crippen LogP contribution is 2.41. The number of halogens is 1. The van der Waals surface area contributed by atoms with Crippen molar-refractivity contribution in [3.8, 4) is 0 Å². The standard InChI is InChI=1S/C17H15FN2O2S/c1-11(21)19-14-7-5-12(6-8-14)17-20(16(22)10-23-17)15-4-2-3-13(18)9-15/h2-9,17H,10H2,1H3,(H,19,21)/t17-/m1/s1. The Kier molecular flexibility index (Phi) is 4.34. The third-order valence-corrected chi connectivity index (χ3v) is 4.68. The van der Waals surface area contributed by atoms with E-state index >= 15 is 0 Å². The van der Waals surface area contributed by atoms with Crippen LogP contribution in [0.1, 0.15) is 17.9 Å². The van der Waals surface area contributed by atoms with Gasteiger partial charge in [-0.1, -0.05) is 18.2 Å². The van der Waals surface area contributed by atoms with Crippen molar-refractivity contribution < 1.29 is 14.0 Å². The third kappa shape index (κ3) is 3.37. The first kappa shape index (κ1) is 15.6. The summed E-state index contributed by atoms with van der Waals surface area (Å²) in [6, 6.07) is 13.4. The molecule has 1 heterocycles. The first-order chi connectivity index (χ1) is 11.0. The van der Waals surface area contributed by atoms with Crippen molar-refractivity contribution in [3.63, 3.8) is 0 Å². The van der Waals surface area contributed by atoms with Crippen LogP contribution in [0, 0.1) is 5.82 Å². The molecule has 0 radical (unpaired) electrons. The van der Waals surface area contributed by atoms with E-state index in [0.717, 1.165) is 5.56 Å². The molecule has 1 aliphatic rings. The van der Waals surface area contributed by atoms with Gasteiger partial charge in [0.15, 0.2) is 0 Å². The fraction of sp³-hybridized carbons (Fsp3) is 0.176. The van der Waals surface area contributed by atoms with E-state index < -0.39 is 0 Å². The van der Waals surface area contributed by atoms with Crippen LogP contribution in [0.2, 0.25) is 0 Å². The number of benzene rings is 2. The number of rotatable bonds is 3. The lowest BCUT2D eigenvalue weighted by Gasteiger charge is -2.24. The maximum absolute atomic E-state index is 13.5. The highest BCUT2D eigenvalue weighted by atomic mass is 32.2. The smallest absolute Gasteiger partial charge is 0.238 e. The summed E-state index contributed by atoms with van der Waals surface area (Å²) >= 11 is 1.50. The number of nitrogens with zero attached hydrogens (tertiary/aromatic N) is 1. The summed E-state index contributed by atoms with van der Waals surface area (Å²) in [4.78, 5) is 24.9. The molecule has 1 fully saturated rings. The van der Waals surface area contributed by atoms with Crippen LogP contribution in [0.25, 0.3) is 0 Å². The molecule has 23 heavy (non-hydrogen) atoms. The van der Waals surface area contributed by atoms with Gasteiger partial charge in [-0.25, -0.2) is 4.39 Å². The second-order valence-corrected chi connectivity index (χ2v) is 6.28. The van der Waals surface area contributed by atoms with Gasteiger partial charge in [-0.15, -0.1) is 11.8 Å². The molecule has 2 aromatic rings. The van der Waals surface area contributed by atoms with E-state index in [-0.39, 0.29) is 23.0 Å². The minimum Gasteiger partial charge on any atom is -0.326 e. The van der Waals surface area contributed by atoms with E-state index in [1.807, 2.05) is 12.1 Å². The van der Waals surface area contributed by atoms with E-state index in [1.165, 1.54) is 30.8 Å². The summed E-state index contributed by atoms with van der Waals surface area (Å²) in [7, 11) is 0. The van der Waals surface area contributed by atoms with Crippen LogP contribution in [-0.2, 0) is 9.59 Å². The summed E-state index contributed by atoms with van der Waals surface area (Å²) in [6.07, 6.45) is 0. The predicted molar refractivity (Wildman–Crippen MR) is 89.8 cm³/mol. The van der Waals surface area contributed by atoms with Gasteiger partial charge in [0.1, 0.15) is 11.2 Å². The van der Waals surface area contributed by atoms with E-state index in [1.54, 1.807) is 29.2 Å². The maximum Gasteiger partial charge on any atom is 0.238 e. The number of thioether (sulfide) groups is 1. The minimum absolute atomic E-state index is 0.0449. The fourth-order valence-corrected chi connectivity index (χ4v) is 3.69. The normalized spacial score (nSPS) is 17.4. The number of carbonyl (C=O) groups is 2.